The molecule has 0 unspecified atom stereocenters. The number of carbonyl (C=O) groups excluding carboxylic acids is 1. The van der Waals surface area contributed by atoms with Crippen molar-refractivity contribution in [3.05, 3.63) is 99.5 Å². The van der Waals surface area contributed by atoms with Crippen molar-refractivity contribution in [2.24, 2.45) is 0 Å². The van der Waals surface area contributed by atoms with Gasteiger partial charge in [-0.3, -0.25) is 19.3 Å². The smallest absolute Gasteiger partial charge is 0.277 e. The number of benzene rings is 2. The minimum absolute atomic E-state index is 0.0175. The number of aromatic hydroxyl groups is 1. The van der Waals surface area contributed by atoms with Crippen LogP contribution in [-0.2, 0) is 6.42 Å². The lowest BCUT2D eigenvalue weighted by molar-refractivity contribution is 0.0604. The van der Waals surface area contributed by atoms with Gasteiger partial charge in [-0.25, -0.2) is 0 Å². The summed E-state index contributed by atoms with van der Waals surface area (Å²) in [5.41, 5.74) is 3.01. The number of carbonyl (C=O) groups is 1. The van der Waals surface area contributed by atoms with Gasteiger partial charge in [0.05, 0.1) is 6.04 Å². The van der Waals surface area contributed by atoms with E-state index < -0.39 is 11.2 Å². The number of aryl methyl sites for hydroxylation is 1. The maximum Gasteiger partial charge on any atom is 0.277 e. The van der Waals surface area contributed by atoms with Gasteiger partial charge >= 0.3 is 0 Å². The SMILES string of the molecule is CN1C(=O)c2c(O)c(=O)ccn2N2[C@@H](c3ccccc3)c3ccccc3CCCC[C@H]12. The van der Waals surface area contributed by atoms with Gasteiger partial charge in [-0.1, -0.05) is 54.6 Å². The molecule has 2 aromatic carbocycles. The van der Waals surface area contributed by atoms with E-state index in [0.717, 1.165) is 31.2 Å². The summed E-state index contributed by atoms with van der Waals surface area (Å²) in [6.45, 7) is 0. The van der Waals surface area contributed by atoms with Crippen LogP contribution >= 0.6 is 0 Å². The maximum absolute atomic E-state index is 13.2. The maximum atomic E-state index is 13.2. The molecule has 158 valence electrons. The number of amides is 1. The van der Waals surface area contributed by atoms with Crippen LogP contribution in [0.5, 0.6) is 5.75 Å². The van der Waals surface area contributed by atoms with Gasteiger partial charge in [0.15, 0.2) is 11.4 Å². The van der Waals surface area contributed by atoms with E-state index in [2.05, 4.69) is 35.3 Å². The van der Waals surface area contributed by atoms with Gasteiger partial charge in [0.25, 0.3) is 5.91 Å². The average Bonchev–Trinajstić information content (AvgIpc) is 2.87. The van der Waals surface area contributed by atoms with Gasteiger partial charge in [-0.15, -0.1) is 0 Å². The molecule has 2 aliphatic rings. The second-order valence-corrected chi connectivity index (χ2v) is 8.26. The molecule has 0 radical (unpaired) electrons. The molecule has 0 aliphatic carbocycles. The highest BCUT2D eigenvalue weighted by Gasteiger charge is 2.42. The van der Waals surface area contributed by atoms with Crippen molar-refractivity contribution in [2.75, 3.05) is 12.1 Å². The van der Waals surface area contributed by atoms with Crippen molar-refractivity contribution < 1.29 is 9.90 Å². The van der Waals surface area contributed by atoms with E-state index in [4.69, 9.17) is 0 Å². The lowest BCUT2D eigenvalue weighted by atomic mass is 9.92. The first-order chi connectivity index (χ1) is 15.1. The number of aromatic nitrogens is 1. The summed E-state index contributed by atoms with van der Waals surface area (Å²) in [4.78, 5) is 27.0. The molecule has 1 N–H and O–H groups in total. The zero-order valence-corrected chi connectivity index (χ0v) is 17.4. The van der Waals surface area contributed by atoms with Gasteiger partial charge in [0.2, 0.25) is 5.43 Å². The first kappa shape index (κ1) is 19.4. The average molecular weight is 415 g/mol. The van der Waals surface area contributed by atoms with Crippen molar-refractivity contribution in [3.8, 4) is 5.75 Å². The van der Waals surface area contributed by atoms with E-state index in [-0.39, 0.29) is 23.8 Å². The van der Waals surface area contributed by atoms with Gasteiger partial charge < -0.3 is 10.0 Å². The Morgan fingerprint density at radius 2 is 1.68 bits per heavy atom. The Kier molecular flexibility index (Phi) is 4.77. The van der Waals surface area contributed by atoms with Gasteiger partial charge in [0.1, 0.15) is 6.17 Å². The largest absolute Gasteiger partial charge is 0.502 e. The molecule has 1 aromatic heterocycles. The minimum Gasteiger partial charge on any atom is -0.502 e. The number of rotatable bonds is 1. The summed E-state index contributed by atoms with van der Waals surface area (Å²) < 4.78 is 1.70. The zero-order valence-electron chi connectivity index (χ0n) is 17.4. The van der Waals surface area contributed by atoms with Crippen molar-refractivity contribution >= 4 is 5.91 Å². The summed E-state index contributed by atoms with van der Waals surface area (Å²) in [5.74, 6) is -0.839. The summed E-state index contributed by atoms with van der Waals surface area (Å²) >= 11 is 0. The summed E-state index contributed by atoms with van der Waals surface area (Å²) in [7, 11) is 1.76. The van der Waals surface area contributed by atoms with Crippen LogP contribution in [-0.4, -0.2) is 33.8 Å². The number of fused-ring (bicyclic) bond motifs is 4. The Hall–Kier alpha value is -3.54. The normalized spacial score (nSPS) is 20.7. The highest BCUT2D eigenvalue weighted by molar-refractivity contribution is 5.96. The van der Waals surface area contributed by atoms with E-state index >= 15 is 0 Å². The van der Waals surface area contributed by atoms with Crippen molar-refractivity contribution in [1.82, 2.24) is 9.58 Å². The van der Waals surface area contributed by atoms with E-state index in [0.29, 0.717) is 0 Å². The molecule has 6 heteroatoms. The lowest BCUT2D eigenvalue weighted by Gasteiger charge is -2.49. The third kappa shape index (κ3) is 3.10. The van der Waals surface area contributed by atoms with Crippen LogP contribution in [0.15, 0.2) is 71.7 Å². The van der Waals surface area contributed by atoms with E-state index in [9.17, 15) is 14.7 Å². The van der Waals surface area contributed by atoms with Gasteiger partial charge in [-0.05, 0) is 42.4 Å². The van der Waals surface area contributed by atoms with Crippen LogP contribution in [0.25, 0.3) is 0 Å². The van der Waals surface area contributed by atoms with Crippen LogP contribution in [0, 0.1) is 0 Å². The summed E-state index contributed by atoms with van der Waals surface area (Å²) in [5, 5.41) is 12.7. The molecule has 0 spiro atoms. The van der Waals surface area contributed by atoms with Crippen LogP contribution in [0.1, 0.15) is 52.5 Å². The lowest BCUT2D eigenvalue weighted by Crippen LogP contribution is -2.61. The standard InChI is InChI=1S/C25H25N3O3/c1-26-21-14-8-6-10-17-9-5-7-13-19(17)22(18-11-3-2-4-12-18)28(21)27-16-15-20(29)24(30)23(27)25(26)31/h2-5,7,9,11-13,15-16,21-22,30H,6,8,10,14H2,1H3/t21-,22+/m1/s1. The molecule has 0 bridgehead atoms. The van der Waals surface area contributed by atoms with Gasteiger partial charge in [0, 0.05) is 19.3 Å². The van der Waals surface area contributed by atoms with Crippen LogP contribution in [0.2, 0.25) is 0 Å². The van der Waals surface area contributed by atoms with E-state index in [1.165, 1.54) is 17.2 Å². The predicted octanol–water partition coefficient (Wildman–Crippen LogP) is 3.42. The molecule has 2 aliphatic heterocycles. The second kappa shape index (κ2) is 7.61. The molecule has 3 heterocycles. The van der Waals surface area contributed by atoms with Crippen molar-refractivity contribution in [2.45, 2.75) is 37.9 Å². The first-order valence-electron chi connectivity index (χ1n) is 10.7. The Bertz CT molecular complexity index is 1190. The van der Waals surface area contributed by atoms with E-state index in [1.807, 2.05) is 24.3 Å². The topological polar surface area (TPSA) is 65.8 Å². The third-order valence-corrected chi connectivity index (χ3v) is 6.47. The molecule has 0 saturated heterocycles. The molecule has 0 fully saturated rings. The Labute approximate surface area is 180 Å². The Morgan fingerprint density at radius 3 is 2.48 bits per heavy atom. The van der Waals surface area contributed by atoms with E-state index in [1.54, 1.807) is 22.8 Å². The number of pyridine rings is 1. The van der Waals surface area contributed by atoms with Crippen LogP contribution in [0.4, 0.5) is 0 Å². The molecule has 3 aromatic rings. The number of hydrogen-bond donors (Lipinski definition) is 1. The fourth-order valence-corrected chi connectivity index (χ4v) is 4.94. The van der Waals surface area contributed by atoms with Crippen molar-refractivity contribution in [1.29, 1.82) is 0 Å². The highest BCUT2D eigenvalue weighted by Crippen LogP contribution is 2.38. The predicted molar refractivity (Wildman–Crippen MR) is 119 cm³/mol. The Morgan fingerprint density at radius 1 is 0.935 bits per heavy atom. The third-order valence-electron chi connectivity index (χ3n) is 6.47. The summed E-state index contributed by atoms with van der Waals surface area (Å²) in [6, 6.07) is 19.8. The minimum atomic E-state index is -0.549. The highest BCUT2D eigenvalue weighted by atomic mass is 16.3. The van der Waals surface area contributed by atoms with Crippen LogP contribution < -0.4 is 10.4 Å². The van der Waals surface area contributed by atoms with Gasteiger partial charge in [-0.2, -0.15) is 0 Å². The second-order valence-electron chi connectivity index (χ2n) is 8.26. The van der Waals surface area contributed by atoms with Crippen LogP contribution in [0.3, 0.4) is 0 Å². The molecular weight excluding hydrogens is 390 g/mol. The number of hydrogen-bond acceptors (Lipinski definition) is 4. The Balaban J connectivity index is 1.83. The summed E-state index contributed by atoms with van der Waals surface area (Å²) in [6.07, 6.45) is 5.18. The quantitative estimate of drug-likeness (QED) is 0.661. The monoisotopic (exact) mass is 415 g/mol. The first-order valence-corrected chi connectivity index (χ1v) is 10.7. The molecular formula is C25H25N3O3. The molecule has 6 nitrogen and oxygen atoms in total. The fraction of sp³-hybridized carbons (Fsp3) is 0.280. The fourth-order valence-electron chi connectivity index (χ4n) is 4.94. The van der Waals surface area contributed by atoms with Crippen molar-refractivity contribution in [3.63, 3.8) is 0 Å². The molecule has 5 rings (SSSR count). The molecule has 2 atom stereocenters. The zero-order chi connectivity index (χ0) is 21.5. The molecule has 31 heavy (non-hydrogen) atoms. The molecule has 1 amide bonds. The number of nitrogens with zero attached hydrogens (tertiary/aromatic N) is 3. The molecule has 0 saturated carbocycles.